The highest BCUT2D eigenvalue weighted by Crippen LogP contribution is 2.30. The molecule has 0 bridgehead atoms. The highest BCUT2D eigenvalue weighted by Gasteiger charge is 2.25. The predicted octanol–water partition coefficient (Wildman–Crippen LogP) is 4.69. The third-order valence-electron chi connectivity index (χ3n) is 5.39. The van der Waals surface area contributed by atoms with Crippen molar-refractivity contribution < 1.29 is 23.5 Å². The van der Waals surface area contributed by atoms with Crippen LogP contribution in [0.3, 0.4) is 0 Å². The molecule has 8 heteroatoms. The van der Waals surface area contributed by atoms with E-state index in [0.717, 1.165) is 19.3 Å². The highest BCUT2D eigenvalue weighted by molar-refractivity contribution is 5.95. The van der Waals surface area contributed by atoms with Gasteiger partial charge in [-0.1, -0.05) is 13.0 Å². The van der Waals surface area contributed by atoms with Gasteiger partial charge in [0, 0.05) is 30.9 Å². The number of hydrogen-bond acceptors (Lipinski definition) is 4. The predicted molar refractivity (Wildman–Crippen MR) is 125 cm³/mol. The summed E-state index contributed by atoms with van der Waals surface area (Å²) in [6.07, 6.45) is 2.66. The number of rotatable bonds is 9. The van der Waals surface area contributed by atoms with Gasteiger partial charge in [0.25, 0.3) is 5.91 Å². The molecule has 1 heterocycles. The summed E-state index contributed by atoms with van der Waals surface area (Å²) >= 11 is 0. The van der Waals surface area contributed by atoms with E-state index in [0.29, 0.717) is 55.6 Å². The van der Waals surface area contributed by atoms with Crippen LogP contribution in [0.4, 0.5) is 14.9 Å². The second-order valence-electron chi connectivity index (χ2n) is 8.05. The number of carbonyl (C=O) groups is 2. The highest BCUT2D eigenvalue weighted by atomic mass is 19.1. The molecule has 0 aromatic heterocycles. The first-order chi connectivity index (χ1) is 16.0. The van der Waals surface area contributed by atoms with Crippen LogP contribution >= 0.6 is 0 Å². The van der Waals surface area contributed by atoms with E-state index in [9.17, 15) is 14.0 Å². The van der Waals surface area contributed by atoms with Crippen molar-refractivity contribution in [3.63, 3.8) is 0 Å². The molecule has 3 rings (SSSR count). The molecule has 1 aliphatic heterocycles. The lowest BCUT2D eigenvalue weighted by molar-refractivity contribution is 0.0674. The number of nitrogens with zero attached hydrogens (tertiary/aromatic N) is 1. The van der Waals surface area contributed by atoms with Crippen LogP contribution in [0.1, 0.15) is 43.5 Å². The number of ether oxygens (including phenoxy) is 2. The van der Waals surface area contributed by atoms with Crippen LogP contribution in [0.15, 0.2) is 42.5 Å². The maximum Gasteiger partial charge on any atom is 0.319 e. The number of carbonyl (C=O) groups excluding carboxylic acids is 2. The van der Waals surface area contributed by atoms with E-state index in [2.05, 4.69) is 10.6 Å². The maximum atomic E-state index is 13.3. The first-order valence-electron chi connectivity index (χ1n) is 11.5. The van der Waals surface area contributed by atoms with Crippen molar-refractivity contribution in [3.8, 4) is 11.5 Å². The molecule has 0 spiro atoms. The summed E-state index contributed by atoms with van der Waals surface area (Å²) in [5.74, 6) is 0.874. The third-order valence-corrected chi connectivity index (χ3v) is 5.39. The minimum absolute atomic E-state index is 0.0630. The molecule has 178 valence electrons. The van der Waals surface area contributed by atoms with E-state index in [1.54, 1.807) is 24.3 Å². The zero-order valence-electron chi connectivity index (χ0n) is 19.2. The number of likely N-dealkylation sites (tertiary alicyclic amines) is 1. The zero-order chi connectivity index (χ0) is 23.6. The Morgan fingerprint density at radius 1 is 1.12 bits per heavy atom. The molecule has 2 aromatic rings. The molecule has 2 N–H and O–H groups in total. The lowest BCUT2D eigenvalue weighted by Gasteiger charge is -2.33. The number of benzene rings is 2. The smallest absolute Gasteiger partial charge is 0.319 e. The van der Waals surface area contributed by atoms with E-state index in [1.165, 1.54) is 18.2 Å². The Bertz CT molecular complexity index is 953. The average molecular weight is 458 g/mol. The molecule has 2 aromatic carbocycles. The van der Waals surface area contributed by atoms with Crippen LogP contribution < -0.4 is 20.1 Å². The number of anilines is 1. The van der Waals surface area contributed by atoms with E-state index in [1.807, 2.05) is 18.7 Å². The Hall–Kier alpha value is -3.29. The van der Waals surface area contributed by atoms with Crippen LogP contribution in [0.5, 0.6) is 11.5 Å². The van der Waals surface area contributed by atoms with E-state index in [4.69, 9.17) is 9.47 Å². The number of urea groups is 1. The summed E-state index contributed by atoms with van der Waals surface area (Å²) in [5.41, 5.74) is 0.948. The SMILES string of the molecule is CCCOc1ccc(C(=O)N2CCCC(CNC(=O)Nc3cccc(F)c3)C2)cc1OCC. The minimum atomic E-state index is -0.410. The monoisotopic (exact) mass is 457 g/mol. The van der Waals surface area contributed by atoms with Gasteiger partial charge in [-0.2, -0.15) is 0 Å². The van der Waals surface area contributed by atoms with Crippen molar-refractivity contribution in [1.29, 1.82) is 0 Å². The molecule has 0 radical (unpaired) electrons. The third kappa shape index (κ3) is 7.10. The molecular formula is C25H32FN3O4. The van der Waals surface area contributed by atoms with Crippen molar-refractivity contribution in [1.82, 2.24) is 10.2 Å². The summed E-state index contributed by atoms with van der Waals surface area (Å²) in [7, 11) is 0. The Labute approximate surface area is 194 Å². The van der Waals surface area contributed by atoms with E-state index >= 15 is 0 Å². The van der Waals surface area contributed by atoms with Crippen LogP contribution in [-0.4, -0.2) is 49.7 Å². The number of amides is 3. The van der Waals surface area contributed by atoms with E-state index < -0.39 is 11.8 Å². The standard InChI is InChI=1S/C25H32FN3O4/c1-3-13-33-22-11-10-19(14-23(22)32-4-2)24(30)29-12-6-7-18(17-29)16-27-25(31)28-21-9-5-8-20(26)15-21/h5,8-11,14-15,18H,3-4,6-7,12-13,16-17H2,1-2H3,(H2,27,28,31). The Kier molecular flexibility index (Phi) is 8.92. The molecule has 1 aliphatic rings. The van der Waals surface area contributed by atoms with Gasteiger partial charge in [0.2, 0.25) is 0 Å². The molecule has 0 aliphatic carbocycles. The van der Waals surface area contributed by atoms with Gasteiger partial charge in [0.1, 0.15) is 5.82 Å². The van der Waals surface area contributed by atoms with Gasteiger partial charge >= 0.3 is 6.03 Å². The van der Waals surface area contributed by atoms with E-state index in [-0.39, 0.29) is 11.8 Å². The second kappa shape index (κ2) is 12.1. The Morgan fingerprint density at radius 3 is 2.73 bits per heavy atom. The summed E-state index contributed by atoms with van der Waals surface area (Å²) in [6, 6.07) is 10.6. The molecule has 0 saturated carbocycles. The van der Waals surface area contributed by atoms with Gasteiger partial charge in [-0.05, 0) is 68.5 Å². The lowest BCUT2D eigenvalue weighted by Crippen LogP contribution is -2.44. The first kappa shape index (κ1) is 24.4. The van der Waals surface area contributed by atoms with Crippen molar-refractivity contribution >= 4 is 17.6 Å². The summed E-state index contributed by atoms with van der Waals surface area (Å²) in [5, 5.41) is 5.45. The largest absolute Gasteiger partial charge is 0.490 e. The van der Waals surface area contributed by atoms with Crippen LogP contribution in [0, 0.1) is 11.7 Å². The number of piperidine rings is 1. The zero-order valence-corrected chi connectivity index (χ0v) is 19.2. The molecule has 1 fully saturated rings. The number of nitrogens with one attached hydrogen (secondary N) is 2. The van der Waals surface area contributed by atoms with Crippen molar-refractivity contribution in [2.75, 3.05) is 38.2 Å². The number of hydrogen-bond donors (Lipinski definition) is 2. The molecule has 1 atom stereocenters. The molecule has 3 amide bonds. The van der Waals surface area contributed by atoms with Crippen molar-refractivity contribution in [2.24, 2.45) is 5.92 Å². The Morgan fingerprint density at radius 2 is 1.97 bits per heavy atom. The quantitative estimate of drug-likeness (QED) is 0.573. The van der Waals surface area contributed by atoms with Crippen LogP contribution in [-0.2, 0) is 0 Å². The van der Waals surface area contributed by atoms with Crippen LogP contribution in [0.25, 0.3) is 0 Å². The summed E-state index contributed by atoms with van der Waals surface area (Å²) < 4.78 is 24.7. The van der Waals surface area contributed by atoms with Gasteiger partial charge in [-0.25, -0.2) is 9.18 Å². The van der Waals surface area contributed by atoms with Gasteiger partial charge in [-0.15, -0.1) is 0 Å². The maximum absolute atomic E-state index is 13.3. The molecule has 33 heavy (non-hydrogen) atoms. The van der Waals surface area contributed by atoms with Gasteiger partial charge in [0.15, 0.2) is 11.5 Å². The van der Waals surface area contributed by atoms with Crippen molar-refractivity contribution in [2.45, 2.75) is 33.1 Å². The van der Waals surface area contributed by atoms with Gasteiger partial charge < -0.3 is 25.0 Å². The van der Waals surface area contributed by atoms with Gasteiger partial charge in [0.05, 0.1) is 13.2 Å². The molecular weight excluding hydrogens is 425 g/mol. The first-order valence-corrected chi connectivity index (χ1v) is 11.5. The minimum Gasteiger partial charge on any atom is -0.490 e. The average Bonchev–Trinajstić information content (AvgIpc) is 2.82. The molecule has 7 nitrogen and oxygen atoms in total. The summed E-state index contributed by atoms with van der Waals surface area (Å²) in [6.45, 7) is 6.64. The normalized spacial score (nSPS) is 15.6. The summed E-state index contributed by atoms with van der Waals surface area (Å²) in [4.78, 5) is 27.1. The second-order valence-corrected chi connectivity index (χ2v) is 8.05. The topological polar surface area (TPSA) is 79.9 Å². The fourth-order valence-corrected chi connectivity index (χ4v) is 3.82. The lowest BCUT2D eigenvalue weighted by atomic mass is 9.97. The van der Waals surface area contributed by atoms with Gasteiger partial charge in [-0.3, -0.25) is 4.79 Å². The number of halogens is 1. The van der Waals surface area contributed by atoms with Crippen molar-refractivity contribution in [3.05, 3.63) is 53.8 Å². The fourth-order valence-electron chi connectivity index (χ4n) is 3.82. The fraction of sp³-hybridized carbons (Fsp3) is 0.440. The van der Waals surface area contributed by atoms with Crippen LogP contribution in [0.2, 0.25) is 0 Å². The molecule has 1 saturated heterocycles. The molecule has 1 unspecified atom stereocenters. The Balaban J connectivity index is 1.56.